The van der Waals surface area contributed by atoms with Crippen molar-refractivity contribution in [3.63, 3.8) is 0 Å². The smallest absolute Gasteiger partial charge is 0.266 e. The number of hydrogen-bond acceptors (Lipinski definition) is 8. The predicted octanol–water partition coefficient (Wildman–Crippen LogP) is 0.307. The summed E-state index contributed by atoms with van der Waals surface area (Å²) in [7, 11) is -3.62. The Balaban J connectivity index is 1.63. The molecule has 0 saturated carbocycles. The molecule has 2 unspecified atom stereocenters. The zero-order valence-electron chi connectivity index (χ0n) is 19.2. The third kappa shape index (κ3) is 6.93. The summed E-state index contributed by atoms with van der Waals surface area (Å²) in [6, 6.07) is 5.22. The van der Waals surface area contributed by atoms with Crippen LogP contribution in [-0.4, -0.2) is 93.0 Å². The lowest BCUT2D eigenvalue weighted by atomic mass is 9.91. The Labute approximate surface area is 200 Å². The first-order valence-electron chi connectivity index (χ1n) is 11.2. The quantitative estimate of drug-likeness (QED) is 0.301. The second-order valence-electron chi connectivity index (χ2n) is 8.33. The lowest BCUT2D eigenvalue weighted by Gasteiger charge is -2.39. The molecule has 0 radical (unpaired) electrons. The summed E-state index contributed by atoms with van der Waals surface area (Å²) in [6.45, 7) is 4.69. The number of piperidine rings is 1. The molecule has 2 atom stereocenters. The van der Waals surface area contributed by atoms with Crippen LogP contribution in [0.25, 0.3) is 0 Å². The number of likely N-dealkylation sites (tertiary alicyclic amines) is 1. The van der Waals surface area contributed by atoms with E-state index in [2.05, 4.69) is 11.8 Å². The molecule has 10 nitrogen and oxygen atoms in total. The monoisotopic (exact) mass is 493 g/mol. The fourth-order valence-corrected chi connectivity index (χ4v) is 5.86. The fraction of sp³-hybridized carbons (Fsp3) is 0.565. The normalized spacial score (nSPS) is 21.3. The maximum absolute atomic E-state index is 13.0. The van der Waals surface area contributed by atoms with Crippen LogP contribution in [0.1, 0.15) is 19.8 Å². The molecule has 0 aromatic heterocycles. The maximum atomic E-state index is 13.0. The van der Waals surface area contributed by atoms with Crippen LogP contribution in [0.5, 0.6) is 5.75 Å². The van der Waals surface area contributed by atoms with Gasteiger partial charge in [-0.05, 0) is 49.9 Å². The number of nitrogens with zero attached hydrogens (tertiary/aromatic N) is 2. The van der Waals surface area contributed by atoms with Crippen molar-refractivity contribution < 1.29 is 32.7 Å². The number of sulfone groups is 1. The van der Waals surface area contributed by atoms with Gasteiger partial charge < -0.3 is 14.4 Å². The fourth-order valence-electron chi connectivity index (χ4n) is 4.19. The topological polar surface area (TPSA) is 125 Å². The molecule has 186 valence electrons. The van der Waals surface area contributed by atoms with E-state index in [4.69, 9.17) is 9.47 Å². The second kappa shape index (κ2) is 12.2. The van der Waals surface area contributed by atoms with Crippen molar-refractivity contribution in [3.05, 3.63) is 24.3 Å². The highest BCUT2D eigenvalue weighted by Crippen LogP contribution is 2.28. The average molecular weight is 494 g/mol. The lowest BCUT2D eigenvalue weighted by Crippen LogP contribution is -2.56. The van der Waals surface area contributed by atoms with Crippen LogP contribution in [-0.2, 0) is 24.2 Å². The third-order valence-corrected chi connectivity index (χ3v) is 7.93. The zero-order chi connectivity index (χ0) is 24.6. The summed E-state index contributed by atoms with van der Waals surface area (Å²) < 4.78 is 36.7. The molecule has 2 N–H and O–H groups in total. The summed E-state index contributed by atoms with van der Waals surface area (Å²) in [4.78, 5) is 28.8. The SMILES string of the molecule is CC#CCOc1ccc(S(=O)(=O)CC2CCN(C(=O)CN3CCOCC3)C(C(=O)NO)C2)cc1. The van der Waals surface area contributed by atoms with Gasteiger partial charge in [0.2, 0.25) is 5.91 Å². The van der Waals surface area contributed by atoms with Crippen LogP contribution in [0.2, 0.25) is 0 Å². The summed E-state index contributed by atoms with van der Waals surface area (Å²) in [5.41, 5.74) is 1.63. The van der Waals surface area contributed by atoms with Crippen molar-refractivity contribution in [1.82, 2.24) is 15.3 Å². The largest absolute Gasteiger partial charge is 0.481 e. The Morgan fingerprint density at radius 3 is 2.56 bits per heavy atom. The minimum atomic E-state index is -3.62. The van der Waals surface area contributed by atoms with E-state index >= 15 is 0 Å². The number of ether oxygens (including phenoxy) is 2. The highest BCUT2D eigenvalue weighted by molar-refractivity contribution is 7.91. The van der Waals surface area contributed by atoms with E-state index in [1.165, 1.54) is 17.0 Å². The highest BCUT2D eigenvalue weighted by atomic mass is 32.2. The van der Waals surface area contributed by atoms with Crippen LogP contribution in [0, 0.1) is 17.8 Å². The van der Waals surface area contributed by atoms with E-state index in [1.807, 2.05) is 4.90 Å². The zero-order valence-corrected chi connectivity index (χ0v) is 20.1. The van der Waals surface area contributed by atoms with E-state index in [-0.39, 0.29) is 48.6 Å². The summed E-state index contributed by atoms with van der Waals surface area (Å²) >= 11 is 0. The van der Waals surface area contributed by atoms with Crippen LogP contribution in [0.4, 0.5) is 0 Å². The minimum Gasteiger partial charge on any atom is -0.481 e. The molecule has 2 aliphatic rings. The van der Waals surface area contributed by atoms with Gasteiger partial charge >= 0.3 is 0 Å². The van der Waals surface area contributed by atoms with Crippen molar-refractivity contribution in [2.75, 3.05) is 51.8 Å². The van der Waals surface area contributed by atoms with Crippen LogP contribution in [0.15, 0.2) is 29.2 Å². The highest BCUT2D eigenvalue weighted by Gasteiger charge is 2.38. The van der Waals surface area contributed by atoms with Gasteiger partial charge in [-0.25, -0.2) is 13.9 Å². The number of amides is 2. The van der Waals surface area contributed by atoms with E-state index in [1.54, 1.807) is 24.5 Å². The van der Waals surface area contributed by atoms with Crippen molar-refractivity contribution in [1.29, 1.82) is 0 Å². The third-order valence-electron chi connectivity index (χ3n) is 6.03. The molecule has 2 heterocycles. The number of hydroxylamine groups is 1. The molecule has 2 amide bonds. The second-order valence-corrected chi connectivity index (χ2v) is 10.4. The predicted molar refractivity (Wildman–Crippen MR) is 123 cm³/mol. The Morgan fingerprint density at radius 2 is 1.91 bits per heavy atom. The van der Waals surface area contributed by atoms with Gasteiger partial charge in [-0.2, -0.15) is 0 Å². The van der Waals surface area contributed by atoms with Crippen molar-refractivity contribution >= 4 is 21.7 Å². The number of hydrogen-bond donors (Lipinski definition) is 2. The van der Waals surface area contributed by atoms with Crippen molar-refractivity contribution in [2.45, 2.75) is 30.7 Å². The maximum Gasteiger partial charge on any atom is 0.266 e. The standard InChI is InChI=1S/C23H31N3O7S/c1-2-3-12-33-19-4-6-20(7-5-19)34(30,31)17-18-8-9-26(21(15-18)23(28)24-29)22(27)16-25-10-13-32-14-11-25/h4-7,18,21,29H,8-17H2,1H3,(H,24,28). The van der Waals surface area contributed by atoms with Gasteiger partial charge in [0.15, 0.2) is 9.84 Å². The number of carbonyl (C=O) groups excluding carboxylic acids is 2. The minimum absolute atomic E-state index is 0.150. The van der Waals surface area contributed by atoms with Crippen LogP contribution < -0.4 is 10.2 Å². The average Bonchev–Trinajstić information content (AvgIpc) is 2.84. The number of benzene rings is 1. The van der Waals surface area contributed by atoms with Crippen LogP contribution >= 0.6 is 0 Å². The first kappa shape index (κ1) is 26.0. The Kier molecular flexibility index (Phi) is 9.29. The van der Waals surface area contributed by atoms with Gasteiger partial charge in [-0.3, -0.25) is 19.7 Å². The molecular formula is C23H31N3O7S. The summed E-state index contributed by atoms with van der Waals surface area (Å²) in [6.07, 6.45) is 0.595. The summed E-state index contributed by atoms with van der Waals surface area (Å²) in [5, 5.41) is 9.21. The molecule has 1 aromatic rings. The van der Waals surface area contributed by atoms with Gasteiger partial charge in [0.25, 0.3) is 5.91 Å². The van der Waals surface area contributed by atoms with E-state index in [0.717, 1.165) is 0 Å². The Morgan fingerprint density at radius 1 is 1.21 bits per heavy atom. The van der Waals surface area contributed by atoms with Gasteiger partial charge in [0.1, 0.15) is 18.4 Å². The van der Waals surface area contributed by atoms with E-state index < -0.39 is 21.8 Å². The van der Waals surface area contributed by atoms with Crippen LogP contribution in [0.3, 0.4) is 0 Å². The van der Waals surface area contributed by atoms with Gasteiger partial charge in [-0.15, -0.1) is 5.92 Å². The van der Waals surface area contributed by atoms with E-state index in [0.29, 0.717) is 38.5 Å². The van der Waals surface area contributed by atoms with E-state index in [9.17, 15) is 23.2 Å². The molecule has 0 aliphatic carbocycles. The Hall–Kier alpha value is -2.65. The number of morpholine rings is 1. The number of carbonyl (C=O) groups is 2. The van der Waals surface area contributed by atoms with Gasteiger partial charge in [-0.1, -0.05) is 5.92 Å². The summed E-state index contributed by atoms with van der Waals surface area (Å²) in [5.74, 6) is 4.58. The van der Waals surface area contributed by atoms with Crippen molar-refractivity contribution in [2.24, 2.45) is 5.92 Å². The number of nitrogens with one attached hydrogen (secondary N) is 1. The molecule has 2 saturated heterocycles. The Bertz CT molecular complexity index is 1010. The molecule has 2 fully saturated rings. The number of rotatable bonds is 8. The molecule has 2 aliphatic heterocycles. The lowest BCUT2D eigenvalue weighted by molar-refractivity contribution is -0.148. The molecule has 0 spiro atoms. The first-order chi connectivity index (χ1) is 16.3. The molecule has 0 bridgehead atoms. The van der Waals surface area contributed by atoms with Crippen molar-refractivity contribution in [3.8, 4) is 17.6 Å². The van der Waals surface area contributed by atoms with Gasteiger partial charge in [0.05, 0.1) is 30.4 Å². The molecule has 34 heavy (non-hydrogen) atoms. The molecule has 1 aromatic carbocycles. The molecule has 3 rings (SSSR count). The molecule has 11 heteroatoms. The van der Waals surface area contributed by atoms with Gasteiger partial charge in [0, 0.05) is 19.6 Å². The first-order valence-corrected chi connectivity index (χ1v) is 12.9. The molecular weight excluding hydrogens is 462 g/mol.